The van der Waals surface area contributed by atoms with Crippen LogP contribution in [0.1, 0.15) is 13.3 Å². The first-order valence-electron chi connectivity index (χ1n) is 8.69. The van der Waals surface area contributed by atoms with E-state index in [2.05, 4.69) is 20.9 Å². The zero-order valence-electron chi connectivity index (χ0n) is 15.5. The molecule has 1 unspecified atom stereocenters. The first kappa shape index (κ1) is 21.0. The number of benzene rings is 2. The number of fused-ring (bicyclic) bond motifs is 1. The molecule has 1 aromatic heterocycles. The molecule has 0 saturated heterocycles. The topological polar surface area (TPSA) is 59.5 Å². The number of hydrogen-bond donors (Lipinski definition) is 0. The van der Waals surface area contributed by atoms with Gasteiger partial charge in [0.15, 0.2) is 0 Å². The predicted octanol–water partition coefficient (Wildman–Crippen LogP) is 5.13. The monoisotopic (exact) mass is 482 g/mol. The van der Waals surface area contributed by atoms with Gasteiger partial charge in [-0.1, -0.05) is 27.5 Å². The van der Waals surface area contributed by atoms with Crippen LogP contribution >= 0.6 is 27.5 Å². The van der Waals surface area contributed by atoms with Crippen LogP contribution in [-0.4, -0.2) is 37.4 Å². The van der Waals surface area contributed by atoms with E-state index in [1.807, 2.05) is 13.0 Å². The van der Waals surface area contributed by atoms with Crippen molar-refractivity contribution in [2.45, 2.75) is 24.3 Å². The molecule has 0 radical (unpaired) electrons. The average Bonchev–Trinajstić information content (AvgIpc) is 2.67. The predicted molar refractivity (Wildman–Crippen MR) is 115 cm³/mol. The first-order valence-corrected chi connectivity index (χ1v) is 11.3. The second kappa shape index (κ2) is 8.78. The number of halogens is 2. The lowest BCUT2D eigenvalue weighted by Crippen LogP contribution is -2.30. The van der Waals surface area contributed by atoms with E-state index in [0.717, 1.165) is 5.39 Å². The van der Waals surface area contributed by atoms with E-state index in [9.17, 15) is 8.42 Å². The molecular weight excluding hydrogens is 464 g/mol. The molecule has 1 heterocycles. The maximum Gasteiger partial charge on any atom is 0.243 e. The van der Waals surface area contributed by atoms with Gasteiger partial charge in [0.1, 0.15) is 5.75 Å². The minimum absolute atomic E-state index is 0.151. The van der Waals surface area contributed by atoms with Crippen LogP contribution in [0.4, 0.5) is 0 Å². The van der Waals surface area contributed by atoms with Crippen molar-refractivity contribution in [1.29, 1.82) is 0 Å². The number of ether oxygens (including phenoxy) is 1. The lowest BCUT2D eigenvalue weighted by atomic mass is 10.2. The molecule has 0 fully saturated rings. The summed E-state index contributed by atoms with van der Waals surface area (Å²) in [6.07, 6.45) is 3.65. The minimum Gasteiger partial charge on any atom is -0.491 e. The number of sulfonamides is 1. The number of rotatable bonds is 7. The highest BCUT2D eigenvalue weighted by Crippen LogP contribution is 2.29. The maximum atomic E-state index is 13.1. The van der Waals surface area contributed by atoms with Crippen LogP contribution in [0.2, 0.25) is 5.02 Å². The van der Waals surface area contributed by atoms with Crippen molar-refractivity contribution in [3.05, 3.63) is 64.4 Å². The van der Waals surface area contributed by atoms with Crippen molar-refractivity contribution in [2.24, 2.45) is 0 Å². The summed E-state index contributed by atoms with van der Waals surface area (Å²) in [6, 6.07) is 12.3. The molecule has 8 heteroatoms. The third-order valence-electron chi connectivity index (χ3n) is 4.37. The quantitative estimate of drug-likeness (QED) is 0.467. The van der Waals surface area contributed by atoms with Crippen molar-refractivity contribution < 1.29 is 13.2 Å². The molecule has 3 aromatic rings. The van der Waals surface area contributed by atoms with Gasteiger partial charge in [0, 0.05) is 46.3 Å². The molecule has 3 rings (SSSR count). The summed E-state index contributed by atoms with van der Waals surface area (Å²) in [7, 11) is -2.08. The summed E-state index contributed by atoms with van der Waals surface area (Å²) in [4.78, 5) is 4.33. The van der Waals surface area contributed by atoms with E-state index >= 15 is 0 Å². The number of hydrogen-bond acceptors (Lipinski definition) is 4. The summed E-state index contributed by atoms with van der Waals surface area (Å²) < 4.78 is 34.2. The first-order chi connectivity index (χ1) is 13.3. The second-order valence-electron chi connectivity index (χ2n) is 6.50. The van der Waals surface area contributed by atoms with Gasteiger partial charge in [0.05, 0.1) is 11.0 Å². The van der Waals surface area contributed by atoms with Crippen molar-refractivity contribution in [3.8, 4) is 5.75 Å². The molecule has 0 saturated carbocycles. The molecule has 28 heavy (non-hydrogen) atoms. The van der Waals surface area contributed by atoms with Crippen molar-refractivity contribution in [2.75, 3.05) is 13.6 Å². The Bertz CT molecular complexity index is 1070. The lowest BCUT2D eigenvalue weighted by Gasteiger charge is -2.21. The van der Waals surface area contributed by atoms with E-state index in [0.29, 0.717) is 33.6 Å². The fourth-order valence-corrected chi connectivity index (χ4v) is 4.98. The van der Waals surface area contributed by atoms with Gasteiger partial charge in [-0.3, -0.25) is 4.98 Å². The summed E-state index contributed by atoms with van der Waals surface area (Å²) in [5, 5.41) is 2.06. The van der Waals surface area contributed by atoms with E-state index in [1.165, 1.54) is 4.31 Å². The van der Waals surface area contributed by atoms with Gasteiger partial charge < -0.3 is 4.74 Å². The molecule has 0 N–H and O–H groups in total. The molecular formula is C20H20BrClN2O3S. The largest absolute Gasteiger partial charge is 0.491 e. The third kappa shape index (κ3) is 4.84. The molecule has 0 aliphatic rings. The molecule has 5 nitrogen and oxygen atoms in total. The van der Waals surface area contributed by atoms with Crippen LogP contribution in [0.25, 0.3) is 10.8 Å². The van der Waals surface area contributed by atoms with Crippen LogP contribution in [0.5, 0.6) is 5.75 Å². The van der Waals surface area contributed by atoms with Crippen molar-refractivity contribution >= 4 is 48.3 Å². The summed E-state index contributed by atoms with van der Waals surface area (Å²) in [6.45, 7) is 2.24. The minimum atomic E-state index is -3.66. The van der Waals surface area contributed by atoms with Gasteiger partial charge in [0.25, 0.3) is 0 Å². The Morgan fingerprint density at radius 3 is 2.64 bits per heavy atom. The Balaban J connectivity index is 1.73. The standard InChI is InChI=1S/C20H20BrClN2O3S/c1-14(27-18-5-3-17(22)4-6-18)8-10-24(2)28(25,26)20-12-16(21)11-15-13-23-9-7-19(15)20/h3-7,9,11-14H,8,10H2,1-2H3. The van der Waals surface area contributed by atoms with E-state index < -0.39 is 10.0 Å². The molecule has 1 atom stereocenters. The highest BCUT2D eigenvalue weighted by Gasteiger charge is 2.24. The molecule has 0 aliphatic heterocycles. The Hall–Kier alpha value is -1.67. The van der Waals surface area contributed by atoms with Gasteiger partial charge in [-0.25, -0.2) is 12.7 Å². The fourth-order valence-electron chi connectivity index (χ4n) is 2.81. The number of pyridine rings is 1. The second-order valence-corrected chi connectivity index (χ2v) is 9.86. The van der Waals surface area contributed by atoms with Gasteiger partial charge in [-0.15, -0.1) is 0 Å². The average molecular weight is 484 g/mol. The fraction of sp³-hybridized carbons (Fsp3) is 0.250. The lowest BCUT2D eigenvalue weighted by molar-refractivity contribution is 0.202. The summed E-state index contributed by atoms with van der Waals surface area (Å²) in [5.74, 6) is 0.702. The highest BCUT2D eigenvalue weighted by atomic mass is 79.9. The third-order valence-corrected chi connectivity index (χ3v) is 6.98. The zero-order valence-corrected chi connectivity index (χ0v) is 18.6. The van der Waals surface area contributed by atoms with Crippen LogP contribution in [0.3, 0.4) is 0 Å². The normalized spacial score (nSPS) is 13.0. The van der Waals surface area contributed by atoms with E-state index in [-0.39, 0.29) is 11.0 Å². The van der Waals surface area contributed by atoms with Crippen LogP contribution in [0, 0.1) is 0 Å². The van der Waals surface area contributed by atoms with Crippen molar-refractivity contribution in [1.82, 2.24) is 9.29 Å². The smallest absolute Gasteiger partial charge is 0.243 e. The summed E-state index contributed by atoms with van der Waals surface area (Å²) in [5.41, 5.74) is 0. The Kier molecular flexibility index (Phi) is 6.60. The van der Waals surface area contributed by atoms with Gasteiger partial charge >= 0.3 is 0 Å². The summed E-state index contributed by atoms with van der Waals surface area (Å²) >= 11 is 9.26. The Labute approximate surface area is 178 Å². The van der Waals surface area contributed by atoms with Crippen LogP contribution in [0.15, 0.2) is 64.2 Å². The van der Waals surface area contributed by atoms with Gasteiger partial charge in [0.2, 0.25) is 10.0 Å². The maximum absolute atomic E-state index is 13.1. The van der Waals surface area contributed by atoms with E-state index in [4.69, 9.17) is 16.3 Å². The van der Waals surface area contributed by atoms with Crippen LogP contribution in [-0.2, 0) is 10.0 Å². The molecule has 0 amide bonds. The number of aromatic nitrogens is 1. The SMILES string of the molecule is CC(CCN(C)S(=O)(=O)c1cc(Br)cc2cnccc12)Oc1ccc(Cl)cc1. The van der Waals surface area contributed by atoms with E-state index in [1.54, 1.807) is 55.8 Å². The Morgan fingerprint density at radius 2 is 1.93 bits per heavy atom. The van der Waals surface area contributed by atoms with Gasteiger partial charge in [-0.05, 0) is 55.8 Å². The highest BCUT2D eigenvalue weighted by molar-refractivity contribution is 9.10. The molecule has 2 aromatic carbocycles. The molecule has 148 valence electrons. The molecule has 0 bridgehead atoms. The van der Waals surface area contributed by atoms with Crippen molar-refractivity contribution in [3.63, 3.8) is 0 Å². The molecule has 0 spiro atoms. The van der Waals surface area contributed by atoms with Crippen LogP contribution < -0.4 is 4.74 Å². The molecule has 0 aliphatic carbocycles. The zero-order chi connectivity index (χ0) is 20.3. The number of nitrogens with zero attached hydrogens (tertiary/aromatic N) is 2. The Morgan fingerprint density at radius 1 is 1.21 bits per heavy atom. The van der Waals surface area contributed by atoms with Gasteiger partial charge in [-0.2, -0.15) is 0 Å².